The molecule has 1 aliphatic heterocycles. The molecule has 1 fully saturated rings. The molecule has 2 heterocycles. The Balaban J connectivity index is 1.74. The van der Waals surface area contributed by atoms with Crippen LogP contribution in [0.4, 0.5) is 5.95 Å². The van der Waals surface area contributed by atoms with Crippen molar-refractivity contribution in [2.45, 2.75) is 25.9 Å². The molecule has 0 N–H and O–H groups in total. The normalized spacial score (nSPS) is 21.8. The highest BCUT2D eigenvalue weighted by atomic mass is 16.5. The molecule has 0 radical (unpaired) electrons. The minimum absolute atomic E-state index is 0.306. The molecule has 0 bridgehead atoms. The number of hydrogen-bond acceptors (Lipinski definition) is 4. The zero-order valence-electron chi connectivity index (χ0n) is 13.3. The van der Waals surface area contributed by atoms with Crippen LogP contribution in [-0.2, 0) is 11.2 Å². The number of hydrogen-bond donors (Lipinski definition) is 0. The molecule has 4 heteroatoms. The lowest BCUT2D eigenvalue weighted by molar-refractivity contribution is 0.0374. The van der Waals surface area contributed by atoms with E-state index in [1.807, 2.05) is 13.2 Å². The molecule has 0 spiro atoms. The number of aromatic nitrogens is 2. The van der Waals surface area contributed by atoms with Gasteiger partial charge in [-0.2, -0.15) is 0 Å². The standard InChI is InChI=1S/C18H23N3O/c1-14-5-3-6-15(11-14)12-16-13-21(10-7-17(16)22-2)18-19-8-4-9-20-18/h3-6,8-9,11,16-17H,7,10,12-13H2,1-2H3/t16-,17-/m0/s1. The molecule has 22 heavy (non-hydrogen) atoms. The van der Waals surface area contributed by atoms with E-state index >= 15 is 0 Å². The molecule has 2 aromatic rings. The molecule has 0 unspecified atom stereocenters. The van der Waals surface area contributed by atoms with Crippen molar-refractivity contribution < 1.29 is 4.74 Å². The predicted molar refractivity (Wildman–Crippen MR) is 88.0 cm³/mol. The molecule has 0 aliphatic carbocycles. The maximum Gasteiger partial charge on any atom is 0.225 e. The summed E-state index contributed by atoms with van der Waals surface area (Å²) >= 11 is 0. The van der Waals surface area contributed by atoms with Crippen molar-refractivity contribution in [1.82, 2.24) is 9.97 Å². The number of anilines is 1. The molecule has 1 aliphatic rings. The van der Waals surface area contributed by atoms with Crippen molar-refractivity contribution in [3.05, 3.63) is 53.9 Å². The van der Waals surface area contributed by atoms with Crippen molar-refractivity contribution in [3.63, 3.8) is 0 Å². The zero-order chi connectivity index (χ0) is 15.4. The van der Waals surface area contributed by atoms with E-state index < -0.39 is 0 Å². The van der Waals surface area contributed by atoms with Gasteiger partial charge in [-0.1, -0.05) is 29.8 Å². The Morgan fingerprint density at radius 3 is 2.77 bits per heavy atom. The molecule has 2 atom stereocenters. The first kappa shape index (κ1) is 15.0. The summed E-state index contributed by atoms with van der Waals surface area (Å²) < 4.78 is 5.72. The average molecular weight is 297 g/mol. The number of methoxy groups -OCH3 is 1. The first-order chi connectivity index (χ1) is 10.8. The van der Waals surface area contributed by atoms with Gasteiger partial charge in [0.25, 0.3) is 0 Å². The fourth-order valence-electron chi connectivity index (χ4n) is 3.30. The van der Waals surface area contributed by atoms with Gasteiger partial charge in [-0.25, -0.2) is 9.97 Å². The van der Waals surface area contributed by atoms with E-state index in [4.69, 9.17) is 4.74 Å². The molecule has 1 aromatic carbocycles. The number of ether oxygens (including phenoxy) is 1. The van der Waals surface area contributed by atoms with Gasteiger partial charge in [-0.05, 0) is 31.4 Å². The number of rotatable bonds is 4. The van der Waals surface area contributed by atoms with Gasteiger partial charge >= 0.3 is 0 Å². The molecule has 3 rings (SSSR count). The smallest absolute Gasteiger partial charge is 0.225 e. The first-order valence-electron chi connectivity index (χ1n) is 7.86. The van der Waals surface area contributed by atoms with E-state index in [0.717, 1.165) is 31.9 Å². The highest BCUT2D eigenvalue weighted by Crippen LogP contribution is 2.25. The molecular formula is C18H23N3O. The number of benzene rings is 1. The van der Waals surface area contributed by atoms with Crippen LogP contribution in [0.1, 0.15) is 17.5 Å². The van der Waals surface area contributed by atoms with Gasteiger partial charge in [0.15, 0.2) is 0 Å². The lowest BCUT2D eigenvalue weighted by atomic mass is 9.88. The van der Waals surface area contributed by atoms with Crippen LogP contribution < -0.4 is 4.90 Å². The zero-order valence-corrected chi connectivity index (χ0v) is 13.3. The third kappa shape index (κ3) is 3.45. The van der Waals surface area contributed by atoms with Gasteiger partial charge in [0.05, 0.1) is 6.10 Å². The molecular weight excluding hydrogens is 274 g/mol. The summed E-state index contributed by atoms with van der Waals surface area (Å²) in [5, 5.41) is 0. The van der Waals surface area contributed by atoms with Crippen molar-refractivity contribution >= 4 is 5.95 Å². The molecule has 4 nitrogen and oxygen atoms in total. The van der Waals surface area contributed by atoms with E-state index in [1.165, 1.54) is 11.1 Å². The highest BCUT2D eigenvalue weighted by molar-refractivity contribution is 5.30. The number of aryl methyl sites for hydroxylation is 1. The number of piperidine rings is 1. The van der Waals surface area contributed by atoms with E-state index in [1.54, 1.807) is 12.4 Å². The van der Waals surface area contributed by atoms with E-state index in [2.05, 4.69) is 46.1 Å². The van der Waals surface area contributed by atoms with Crippen LogP contribution in [0, 0.1) is 12.8 Å². The lowest BCUT2D eigenvalue weighted by Gasteiger charge is -2.38. The highest BCUT2D eigenvalue weighted by Gasteiger charge is 2.30. The largest absolute Gasteiger partial charge is 0.381 e. The van der Waals surface area contributed by atoms with E-state index in [0.29, 0.717) is 12.0 Å². The van der Waals surface area contributed by atoms with Crippen LogP contribution in [0.3, 0.4) is 0 Å². The fourth-order valence-corrected chi connectivity index (χ4v) is 3.30. The minimum atomic E-state index is 0.306. The van der Waals surface area contributed by atoms with Crippen LogP contribution in [-0.4, -0.2) is 36.3 Å². The van der Waals surface area contributed by atoms with Crippen LogP contribution in [0.25, 0.3) is 0 Å². The fraction of sp³-hybridized carbons (Fsp3) is 0.444. The maximum absolute atomic E-state index is 5.72. The van der Waals surface area contributed by atoms with Crippen LogP contribution in [0.2, 0.25) is 0 Å². The monoisotopic (exact) mass is 297 g/mol. The minimum Gasteiger partial charge on any atom is -0.381 e. The Kier molecular flexibility index (Phi) is 4.68. The predicted octanol–water partition coefficient (Wildman–Crippen LogP) is 2.87. The maximum atomic E-state index is 5.72. The van der Waals surface area contributed by atoms with Crippen molar-refractivity contribution in [3.8, 4) is 0 Å². The van der Waals surface area contributed by atoms with Crippen molar-refractivity contribution in [1.29, 1.82) is 0 Å². The Morgan fingerprint density at radius 2 is 2.05 bits per heavy atom. The summed E-state index contributed by atoms with van der Waals surface area (Å²) in [5.74, 6) is 1.29. The van der Waals surface area contributed by atoms with Gasteiger partial charge in [0.1, 0.15) is 0 Å². The summed E-state index contributed by atoms with van der Waals surface area (Å²) in [6, 6.07) is 10.6. The topological polar surface area (TPSA) is 38.2 Å². The third-order valence-electron chi connectivity index (χ3n) is 4.38. The van der Waals surface area contributed by atoms with Crippen molar-refractivity contribution in [2.24, 2.45) is 5.92 Å². The second-order valence-electron chi connectivity index (χ2n) is 6.01. The Labute approximate surface area is 132 Å². The van der Waals surface area contributed by atoms with Crippen LogP contribution >= 0.6 is 0 Å². The first-order valence-corrected chi connectivity index (χ1v) is 7.86. The summed E-state index contributed by atoms with van der Waals surface area (Å²) in [6.45, 7) is 4.03. The van der Waals surface area contributed by atoms with Gasteiger partial charge < -0.3 is 9.64 Å². The molecule has 0 amide bonds. The SMILES string of the molecule is CO[C@H]1CCN(c2ncccn2)C[C@@H]1Cc1cccc(C)c1. The summed E-state index contributed by atoms with van der Waals surface area (Å²) in [6.07, 6.45) is 5.97. The van der Waals surface area contributed by atoms with Gasteiger partial charge in [-0.15, -0.1) is 0 Å². The lowest BCUT2D eigenvalue weighted by Crippen LogP contribution is -2.45. The van der Waals surface area contributed by atoms with Crippen LogP contribution in [0.5, 0.6) is 0 Å². The summed E-state index contributed by atoms with van der Waals surface area (Å²) in [7, 11) is 1.82. The number of nitrogens with zero attached hydrogens (tertiary/aromatic N) is 3. The van der Waals surface area contributed by atoms with E-state index in [-0.39, 0.29) is 0 Å². The summed E-state index contributed by atoms with van der Waals surface area (Å²) in [4.78, 5) is 11.0. The van der Waals surface area contributed by atoms with Gasteiger partial charge in [0, 0.05) is 38.5 Å². The second-order valence-corrected chi connectivity index (χ2v) is 6.01. The molecule has 0 saturated carbocycles. The molecule has 1 aromatic heterocycles. The Morgan fingerprint density at radius 1 is 1.23 bits per heavy atom. The van der Waals surface area contributed by atoms with Crippen LogP contribution in [0.15, 0.2) is 42.7 Å². The molecule has 116 valence electrons. The van der Waals surface area contributed by atoms with E-state index in [9.17, 15) is 0 Å². The Hall–Kier alpha value is -1.94. The quantitative estimate of drug-likeness (QED) is 0.870. The molecule has 1 saturated heterocycles. The average Bonchev–Trinajstić information content (AvgIpc) is 2.56. The van der Waals surface area contributed by atoms with Crippen molar-refractivity contribution in [2.75, 3.05) is 25.1 Å². The second kappa shape index (κ2) is 6.88. The summed E-state index contributed by atoms with van der Waals surface area (Å²) in [5.41, 5.74) is 2.69. The van der Waals surface area contributed by atoms with Gasteiger partial charge in [0.2, 0.25) is 5.95 Å². The van der Waals surface area contributed by atoms with Gasteiger partial charge in [-0.3, -0.25) is 0 Å². The third-order valence-corrected chi connectivity index (χ3v) is 4.38. The Bertz CT molecular complexity index is 602.